The quantitative estimate of drug-likeness (QED) is 0.666. The molecule has 2 nitrogen and oxygen atoms in total. The Hall–Kier alpha value is 0.270. The van der Waals surface area contributed by atoms with Crippen LogP contribution in [0.25, 0.3) is 0 Å². The molecule has 1 N–H and O–H groups in total. The molecule has 1 aliphatic heterocycles. The Kier molecular flexibility index (Phi) is 6.68. The summed E-state index contributed by atoms with van der Waals surface area (Å²) in [6.07, 6.45) is 5.19. The van der Waals surface area contributed by atoms with E-state index in [0.717, 1.165) is 19.2 Å². The zero-order chi connectivity index (χ0) is 9.36. The highest BCUT2D eigenvalue weighted by Crippen LogP contribution is 2.16. The molecular formula is C10H21NOS. The molecule has 78 valence electrons. The largest absolute Gasteiger partial charge is 0.385 e. The lowest BCUT2D eigenvalue weighted by molar-refractivity contribution is 0.192. The molecule has 0 aliphatic carbocycles. The maximum Gasteiger partial charge on any atom is 0.0462 e. The molecular weight excluding hydrogens is 182 g/mol. The van der Waals surface area contributed by atoms with Crippen molar-refractivity contribution in [2.24, 2.45) is 0 Å². The van der Waals surface area contributed by atoms with E-state index in [9.17, 15) is 0 Å². The van der Waals surface area contributed by atoms with E-state index in [1.807, 2.05) is 0 Å². The van der Waals surface area contributed by atoms with Crippen molar-refractivity contribution in [2.75, 3.05) is 31.8 Å². The molecule has 0 aromatic heterocycles. The fraction of sp³-hybridized carbons (Fsp3) is 1.00. The van der Waals surface area contributed by atoms with Crippen molar-refractivity contribution in [1.82, 2.24) is 5.32 Å². The highest BCUT2D eigenvalue weighted by molar-refractivity contribution is 7.99. The summed E-state index contributed by atoms with van der Waals surface area (Å²) in [6.45, 7) is 2.07. The number of unbranched alkanes of at least 4 members (excludes halogenated alkanes) is 1. The average molecular weight is 203 g/mol. The third-order valence-corrected chi connectivity index (χ3v) is 3.58. The summed E-state index contributed by atoms with van der Waals surface area (Å²) in [4.78, 5) is 0. The lowest BCUT2D eigenvalue weighted by Crippen LogP contribution is -2.34. The molecule has 0 aromatic carbocycles. The van der Waals surface area contributed by atoms with Crippen LogP contribution >= 0.6 is 11.8 Å². The van der Waals surface area contributed by atoms with E-state index in [4.69, 9.17) is 4.74 Å². The molecule has 0 spiro atoms. The van der Waals surface area contributed by atoms with Crippen LogP contribution in [0.15, 0.2) is 0 Å². The molecule has 0 amide bonds. The maximum absolute atomic E-state index is 5.00. The summed E-state index contributed by atoms with van der Waals surface area (Å²) in [7, 11) is 1.77. The van der Waals surface area contributed by atoms with E-state index in [1.54, 1.807) is 7.11 Å². The van der Waals surface area contributed by atoms with Gasteiger partial charge in [0, 0.05) is 25.5 Å². The molecule has 1 saturated heterocycles. The smallest absolute Gasteiger partial charge is 0.0462 e. The molecule has 0 bridgehead atoms. The van der Waals surface area contributed by atoms with Gasteiger partial charge in [0.15, 0.2) is 0 Å². The van der Waals surface area contributed by atoms with Gasteiger partial charge in [0.2, 0.25) is 0 Å². The van der Waals surface area contributed by atoms with E-state index >= 15 is 0 Å². The molecule has 0 unspecified atom stereocenters. The second kappa shape index (κ2) is 7.65. The first kappa shape index (κ1) is 11.3. The van der Waals surface area contributed by atoms with Crippen molar-refractivity contribution in [3.63, 3.8) is 0 Å². The predicted molar refractivity (Wildman–Crippen MR) is 59.5 cm³/mol. The minimum absolute atomic E-state index is 0.779. The molecule has 13 heavy (non-hydrogen) atoms. The zero-order valence-corrected chi connectivity index (χ0v) is 9.37. The van der Waals surface area contributed by atoms with Gasteiger partial charge in [-0.2, -0.15) is 11.8 Å². The molecule has 0 radical (unpaired) electrons. The first-order valence-corrected chi connectivity index (χ1v) is 6.39. The summed E-state index contributed by atoms with van der Waals surface area (Å²) >= 11 is 2.08. The number of hydrogen-bond acceptors (Lipinski definition) is 3. The van der Waals surface area contributed by atoms with Crippen LogP contribution in [0, 0.1) is 0 Å². The van der Waals surface area contributed by atoms with Gasteiger partial charge in [-0.15, -0.1) is 0 Å². The van der Waals surface area contributed by atoms with Crippen molar-refractivity contribution in [1.29, 1.82) is 0 Å². The summed E-state index contributed by atoms with van der Waals surface area (Å²) in [5.41, 5.74) is 0. The van der Waals surface area contributed by atoms with E-state index < -0.39 is 0 Å². The normalized spacial score (nSPS) is 23.3. The van der Waals surface area contributed by atoms with Gasteiger partial charge in [-0.25, -0.2) is 0 Å². The minimum atomic E-state index is 0.779. The lowest BCUT2D eigenvalue weighted by Gasteiger charge is -2.22. The number of methoxy groups -OCH3 is 1. The van der Waals surface area contributed by atoms with Gasteiger partial charge in [0.05, 0.1) is 0 Å². The monoisotopic (exact) mass is 203 g/mol. The van der Waals surface area contributed by atoms with Crippen molar-refractivity contribution in [3.8, 4) is 0 Å². The number of thioether (sulfide) groups is 1. The Morgan fingerprint density at radius 2 is 2.38 bits per heavy atom. The van der Waals surface area contributed by atoms with Crippen LogP contribution in [-0.4, -0.2) is 37.8 Å². The molecule has 1 atom stereocenters. The maximum atomic E-state index is 5.00. The third kappa shape index (κ3) is 5.55. The van der Waals surface area contributed by atoms with Gasteiger partial charge < -0.3 is 10.1 Å². The molecule has 1 rings (SSSR count). The van der Waals surface area contributed by atoms with Crippen LogP contribution in [0.4, 0.5) is 0 Å². The van der Waals surface area contributed by atoms with E-state index in [2.05, 4.69) is 17.1 Å². The van der Waals surface area contributed by atoms with Crippen molar-refractivity contribution < 1.29 is 4.74 Å². The SMILES string of the molecule is COCCCCN[C@@H]1CCCSC1. The predicted octanol–water partition coefficient (Wildman–Crippen LogP) is 1.90. The Bertz CT molecular complexity index is 115. The van der Waals surface area contributed by atoms with Gasteiger partial charge in [-0.1, -0.05) is 0 Å². The summed E-state index contributed by atoms with van der Waals surface area (Å²) < 4.78 is 5.00. The van der Waals surface area contributed by atoms with Crippen LogP contribution < -0.4 is 5.32 Å². The molecule has 3 heteroatoms. The van der Waals surface area contributed by atoms with Crippen molar-refractivity contribution in [2.45, 2.75) is 31.7 Å². The van der Waals surface area contributed by atoms with Crippen LogP contribution in [0.2, 0.25) is 0 Å². The molecule has 0 aromatic rings. The lowest BCUT2D eigenvalue weighted by atomic mass is 10.2. The zero-order valence-electron chi connectivity index (χ0n) is 8.55. The third-order valence-electron chi connectivity index (χ3n) is 2.37. The molecule has 1 fully saturated rings. The van der Waals surface area contributed by atoms with E-state index in [-0.39, 0.29) is 0 Å². The number of rotatable bonds is 6. The van der Waals surface area contributed by atoms with Gasteiger partial charge in [0.1, 0.15) is 0 Å². The van der Waals surface area contributed by atoms with E-state index in [0.29, 0.717) is 0 Å². The van der Waals surface area contributed by atoms with E-state index in [1.165, 1.54) is 37.2 Å². The Balaban J connectivity index is 1.86. The fourth-order valence-corrected chi connectivity index (χ4v) is 2.69. The number of nitrogens with one attached hydrogen (secondary N) is 1. The van der Waals surface area contributed by atoms with Crippen molar-refractivity contribution >= 4 is 11.8 Å². The van der Waals surface area contributed by atoms with Gasteiger partial charge in [-0.3, -0.25) is 0 Å². The Morgan fingerprint density at radius 1 is 1.46 bits per heavy atom. The minimum Gasteiger partial charge on any atom is -0.385 e. The molecule has 1 aliphatic rings. The highest BCUT2D eigenvalue weighted by Gasteiger charge is 2.11. The second-order valence-corrected chi connectivity index (χ2v) is 4.72. The first-order chi connectivity index (χ1) is 6.43. The summed E-state index contributed by atoms with van der Waals surface area (Å²) in [5, 5.41) is 3.60. The Labute approximate surface area is 85.8 Å². The standard InChI is InChI=1S/C10H21NOS/c1-12-7-3-2-6-11-10-5-4-8-13-9-10/h10-11H,2-9H2,1H3/t10-/m1/s1. The van der Waals surface area contributed by atoms with Crippen LogP contribution in [0.5, 0.6) is 0 Å². The molecule has 0 saturated carbocycles. The van der Waals surface area contributed by atoms with Gasteiger partial charge in [-0.05, 0) is 38.0 Å². The van der Waals surface area contributed by atoms with Crippen LogP contribution in [-0.2, 0) is 4.74 Å². The Morgan fingerprint density at radius 3 is 3.08 bits per heavy atom. The van der Waals surface area contributed by atoms with Crippen molar-refractivity contribution in [3.05, 3.63) is 0 Å². The first-order valence-electron chi connectivity index (χ1n) is 5.23. The van der Waals surface area contributed by atoms with Gasteiger partial charge >= 0.3 is 0 Å². The molecule has 1 heterocycles. The highest BCUT2D eigenvalue weighted by atomic mass is 32.2. The average Bonchev–Trinajstić information content (AvgIpc) is 2.19. The number of hydrogen-bond donors (Lipinski definition) is 1. The second-order valence-electron chi connectivity index (χ2n) is 3.57. The summed E-state index contributed by atoms with van der Waals surface area (Å²) in [5.74, 6) is 2.67. The summed E-state index contributed by atoms with van der Waals surface area (Å²) in [6, 6.07) is 0.779. The number of ether oxygens (including phenoxy) is 1. The fourth-order valence-electron chi connectivity index (χ4n) is 1.58. The van der Waals surface area contributed by atoms with Crippen LogP contribution in [0.3, 0.4) is 0 Å². The topological polar surface area (TPSA) is 21.3 Å². The van der Waals surface area contributed by atoms with Crippen LogP contribution in [0.1, 0.15) is 25.7 Å². The van der Waals surface area contributed by atoms with Gasteiger partial charge in [0.25, 0.3) is 0 Å².